The average molecular weight is 372 g/mol. The van der Waals surface area contributed by atoms with Gasteiger partial charge in [-0.15, -0.1) is 0 Å². The largest absolute Gasteiger partial charge is 0.447 e. The Morgan fingerprint density at radius 3 is 2.67 bits per heavy atom. The van der Waals surface area contributed by atoms with Crippen LogP contribution >= 0.6 is 27.5 Å². The van der Waals surface area contributed by atoms with E-state index in [2.05, 4.69) is 15.9 Å². The van der Waals surface area contributed by atoms with Crippen molar-refractivity contribution in [3.63, 3.8) is 0 Å². The zero-order chi connectivity index (χ0) is 15.6. The van der Waals surface area contributed by atoms with Gasteiger partial charge in [0.25, 0.3) is 0 Å². The highest BCUT2D eigenvalue weighted by atomic mass is 79.9. The van der Waals surface area contributed by atoms with Crippen LogP contribution in [0.5, 0.6) is 11.5 Å². The minimum atomic E-state index is -0.536. The van der Waals surface area contributed by atoms with E-state index in [0.29, 0.717) is 10.2 Å². The van der Waals surface area contributed by atoms with Gasteiger partial charge in [0.2, 0.25) is 5.75 Å². The van der Waals surface area contributed by atoms with Crippen molar-refractivity contribution in [2.45, 2.75) is 13.0 Å². The van der Waals surface area contributed by atoms with Crippen LogP contribution in [0, 0.1) is 10.1 Å². The second-order valence-electron chi connectivity index (χ2n) is 4.43. The quantitative estimate of drug-likeness (QED) is 0.617. The van der Waals surface area contributed by atoms with Crippen LogP contribution in [0.2, 0.25) is 5.02 Å². The highest BCUT2D eigenvalue weighted by molar-refractivity contribution is 9.10. The number of nitrogens with two attached hydrogens (primary N) is 1. The number of benzene rings is 2. The van der Waals surface area contributed by atoms with Crippen LogP contribution in [0.1, 0.15) is 18.5 Å². The minimum Gasteiger partial charge on any atom is -0.447 e. The van der Waals surface area contributed by atoms with Crippen LogP contribution in [0.4, 0.5) is 5.69 Å². The number of nitrogens with zero attached hydrogens (tertiary/aromatic N) is 1. The molecular weight excluding hydrogens is 360 g/mol. The Morgan fingerprint density at radius 2 is 2.10 bits per heavy atom. The molecule has 0 unspecified atom stereocenters. The van der Waals surface area contributed by atoms with Gasteiger partial charge >= 0.3 is 5.69 Å². The fourth-order valence-electron chi connectivity index (χ4n) is 1.74. The van der Waals surface area contributed by atoms with Crippen molar-refractivity contribution in [3.8, 4) is 11.5 Å². The van der Waals surface area contributed by atoms with Crippen LogP contribution in [-0.2, 0) is 0 Å². The van der Waals surface area contributed by atoms with Gasteiger partial charge in [-0.1, -0.05) is 23.7 Å². The molecule has 110 valence electrons. The number of hydrogen-bond donors (Lipinski definition) is 1. The molecule has 0 spiro atoms. The van der Waals surface area contributed by atoms with Gasteiger partial charge in [-0.2, -0.15) is 0 Å². The molecule has 1 atom stereocenters. The number of halogens is 2. The van der Waals surface area contributed by atoms with Crippen molar-refractivity contribution in [2.75, 3.05) is 0 Å². The van der Waals surface area contributed by atoms with E-state index in [4.69, 9.17) is 22.1 Å². The minimum absolute atomic E-state index is 0.0124. The first-order valence-electron chi connectivity index (χ1n) is 6.06. The molecular formula is C14H12BrClN2O3. The summed E-state index contributed by atoms with van der Waals surface area (Å²) in [5.41, 5.74) is 6.53. The normalized spacial score (nSPS) is 12.0. The Kier molecular flexibility index (Phi) is 4.82. The van der Waals surface area contributed by atoms with Gasteiger partial charge in [-0.3, -0.25) is 10.1 Å². The summed E-state index contributed by atoms with van der Waals surface area (Å²) in [6.45, 7) is 1.86. The lowest BCUT2D eigenvalue weighted by molar-refractivity contribution is -0.385. The third-order valence-corrected chi connectivity index (χ3v) is 3.75. The molecule has 2 N–H and O–H groups in total. The summed E-state index contributed by atoms with van der Waals surface area (Å²) >= 11 is 9.36. The van der Waals surface area contributed by atoms with Crippen LogP contribution in [0.25, 0.3) is 0 Å². The van der Waals surface area contributed by atoms with Gasteiger partial charge in [0.15, 0.2) is 0 Å². The topological polar surface area (TPSA) is 78.4 Å². The predicted molar refractivity (Wildman–Crippen MR) is 84.9 cm³/mol. The molecule has 7 heteroatoms. The molecule has 0 saturated heterocycles. The summed E-state index contributed by atoms with van der Waals surface area (Å²) in [4.78, 5) is 10.5. The number of rotatable bonds is 4. The molecule has 5 nitrogen and oxygen atoms in total. The Labute approximate surface area is 134 Å². The van der Waals surface area contributed by atoms with Crippen LogP contribution in [-0.4, -0.2) is 4.92 Å². The zero-order valence-corrected chi connectivity index (χ0v) is 13.4. The molecule has 0 aliphatic rings. The monoisotopic (exact) mass is 370 g/mol. The molecule has 2 rings (SSSR count). The fraction of sp³-hybridized carbons (Fsp3) is 0.143. The van der Waals surface area contributed by atoms with Crippen LogP contribution in [0.3, 0.4) is 0 Å². The smallest absolute Gasteiger partial charge is 0.313 e. The highest BCUT2D eigenvalue weighted by Gasteiger charge is 2.20. The average Bonchev–Trinajstić information content (AvgIpc) is 2.42. The Morgan fingerprint density at radius 1 is 1.38 bits per heavy atom. The lowest BCUT2D eigenvalue weighted by Crippen LogP contribution is -2.04. The summed E-state index contributed by atoms with van der Waals surface area (Å²) < 4.78 is 6.25. The lowest BCUT2D eigenvalue weighted by atomic mass is 10.1. The third-order valence-electron chi connectivity index (χ3n) is 2.84. The van der Waals surface area contributed by atoms with Crippen molar-refractivity contribution in [1.82, 2.24) is 0 Å². The van der Waals surface area contributed by atoms with Crippen LogP contribution < -0.4 is 10.5 Å². The van der Waals surface area contributed by atoms with E-state index in [1.165, 1.54) is 18.2 Å². The SMILES string of the molecule is C[C@H](N)c1ccc(Oc2c(Cl)cccc2[N+](=O)[O-])c(Br)c1. The van der Waals surface area contributed by atoms with E-state index < -0.39 is 4.92 Å². The van der Waals surface area contributed by atoms with Gasteiger partial charge in [-0.05, 0) is 46.6 Å². The summed E-state index contributed by atoms with van der Waals surface area (Å²) in [5, 5.41) is 11.2. The number of nitro groups is 1. The Balaban J connectivity index is 2.41. The number of para-hydroxylation sites is 1. The predicted octanol–water partition coefficient (Wildman–Crippen LogP) is 4.82. The molecule has 2 aromatic carbocycles. The first kappa shape index (κ1) is 15.8. The Hall–Kier alpha value is -1.63. The molecule has 0 aliphatic carbocycles. The fourth-order valence-corrected chi connectivity index (χ4v) is 2.42. The lowest BCUT2D eigenvalue weighted by Gasteiger charge is -2.12. The van der Waals surface area contributed by atoms with Gasteiger partial charge < -0.3 is 10.5 Å². The molecule has 0 fully saturated rings. The molecule has 21 heavy (non-hydrogen) atoms. The molecule has 0 saturated carbocycles. The number of ether oxygens (including phenoxy) is 1. The molecule has 0 aromatic heterocycles. The summed E-state index contributed by atoms with van der Waals surface area (Å²) in [7, 11) is 0. The first-order valence-corrected chi connectivity index (χ1v) is 7.23. The van der Waals surface area contributed by atoms with E-state index in [1.54, 1.807) is 12.1 Å². The summed E-state index contributed by atoms with van der Waals surface area (Å²) in [5.74, 6) is 0.439. The van der Waals surface area contributed by atoms with E-state index in [-0.39, 0.29) is 22.5 Å². The molecule has 0 radical (unpaired) electrons. The third kappa shape index (κ3) is 3.53. The summed E-state index contributed by atoms with van der Waals surface area (Å²) in [6.07, 6.45) is 0. The van der Waals surface area contributed by atoms with Gasteiger partial charge in [0, 0.05) is 12.1 Å². The highest BCUT2D eigenvalue weighted by Crippen LogP contribution is 2.40. The van der Waals surface area contributed by atoms with E-state index in [9.17, 15) is 10.1 Å². The van der Waals surface area contributed by atoms with E-state index in [1.807, 2.05) is 13.0 Å². The van der Waals surface area contributed by atoms with Crippen LogP contribution in [0.15, 0.2) is 40.9 Å². The standard InChI is InChI=1S/C14H12BrClN2O3/c1-8(17)9-5-6-13(10(15)7-9)21-14-11(16)3-2-4-12(14)18(19)20/h2-8H,17H2,1H3/t8-/m0/s1. The second kappa shape index (κ2) is 6.43. The summed E-state index contributed by atoms with van der Waals surface area (Å²) in [6, 6.07) is 9.55. The number of hydrogen-bond acceptors (Lipinski definition) is 4. The van der Waals surface area contributed by atoms with E-state index >= 15 is 0 Å². The maximum Gasteiger partial charge on any atom is 0.313 e. The van der Waals surface area contributed by atoms with Gasteiger partial charge in [0.05, 0.1) is 14.4 Å². The van der Waals surface area contributed by atoms with Crippen molar-refractivity contribution in [3.05, 3.63) is 61.6 Å². The van der Waals surface area contributed by atoms with Crippen molar-refractivity contribution in [2.24, 2.45) is 5.73 Å². The molecule has 0 heterocycles. The Bertz CT molecular complexity index is 692. The van der Waals surface area contributed by atoms with Gasteiger partial charge in [0.1, 0.15) is 5.75 Å². The molecule has 0 aliphatic heterocycles. The van der Waals surface area contributed by atoms with E-state index in [0.717, 1.165) is 5.56 Å². The molecule has 2 aromatic rings. The molecule has 0 bridgehead atoms. The van der Waals surface area contributed by atoms with Crippen molar-refractivity contribution in [1.29, 1.82) is 0 Å². The molecule has 0 amide bonds. The second-order valence-corrected chi connectivity index (χ2v) is 5.69. The van der Waals surface area contributed by atoms with Gasteiger partial charge in [-0.25, -0.2) is 0 Å². The maximum atomic E-state index is 11.0. The van der Waals surface area contributed by atoms with Crippen molar-refractivity contribution >= 4 is 33.2 Å². The number of nitro benzene ring substituents is 1. The maximum absolute atomic E-state index is 11.0. The van der Waals surface area contributed by atoms with Crippen molar-refractivity contribution < 1.29 is 9.66 Å². The first-order chi connectivity index (χ1) is 9.90. The zero-order valence-electron chi connectivity index (χ0n) is 11.0.